The minimum Gasteiger partial charge on any atom is -0.340 e. The van der Waals surface area contributed by atoms with Crippen LogP contribution in [0.1, 0.15) is 18.1 Å². The van der Waals surface area contributed by atoms with Crippen LogP contribution in [-0.4, -0.2) is 60.9 Å². The topological polar surface area (TPSA) is 39.2 Å². The molecule has 2 aliphatic rings. The summed E-state index contributed by atoms with van der Waals surface area (Å²) in [6.45, 7) is 5.90. The molecule has 28 heavy (non-hydrogen) atoms. The molecule has 1 saturated heterocycles. The molecule has 4 rings (SSSR count). The standard InChI is InChI=1S/C23H28N4O/c1-3-18-10-7-11-20(16-18)27-22(28)21(17-19-8-5-4-6-9-19)24-23(27)26-14-12-25(2)13-15-26/h4-11,16,21H,3,12-15,17H2,1-2H3. The summed E-state index contributed by atoms with van der Waals surface area (Å²) in [6, 6.07) is 18.1. The summed E-state index contributed by atoms with van der Waals surface area (Å²) in [6.07, 6.45) is 1.59. The Kier molecular flexibility index (Phi) is 5.44. The molecule has 0 spiro atoms. The van der Waals surface area contributed by atoms with Gasteiger partial charge in [0.25, 0.3) is 5.91 Å². The van der Waals surface area contributed by atoms with E-state index in [4.69, 9.17) is 4.99 Å². The number of benzene rings is 2. The van der Waals surface area contributed by atoms with Gasteiger partial charge in [0.15, 0.2) is 0 Å². The van der Waals surface area contributed by atoms with Gasteiger partial charge in [0.05, 0.1) is 5.69 Å². The lowest BCUT2D eigenvalue weighted by molar-refractivity contribution is -0.118. The summed E-state index contributed by atoms with van der Waals surface area (Å²) in [5.74, 6) is 0.887. The van der Waals surface area contributed by atoms with Crippen molar-refractivity contribution in [1.82, 2.24) is 9.80 Å². The minimum absolute atomic E-state index is 0.0750. The first-order chi connectivity index (χ1) is 13.7. The number of likely N-dealkylation sites (N-methyl/N-ethyl adjacent to an activating group) is 1. The van der Waals surface area contributed by atoms with Crippen molar-refractivity contribution in [2.75, 3.05) is 38.1 Å². The van der Waals surface area contributed by atoms with Crippen molar-refractivity contribution in [3.63, 3.8) is 0 Å². The molecule has 2 aromatic rings. The van der Waals surface area contributed by atoms with Crippen LogP contribution in [-0.2, 0) is 17.6 Å². The predicted molar refractivity (Wildman–Crippen MR) is 114 cm³/mol. The van der Waals surface area contributed by atoms with Gasteiger partial charge in [-0.3, -0.25) is 4.79 Å². The number of piperazine rings is 1. The number of anilines is 1. The fourth-order valence-electron chi connectivity index (χ4n) is 3.86. The van der Waals surface area contributed by atoms with Crippen LogP contribution in [0.15, 0.2) is 59.6 Å². The molecule has 5 nitrogen and oxygen atoms in total. The summed E-state index contributed by atoms with van der Waals surface area (Å²) in [4.78, 5) is 24.8. The number of hydrogen-bond donors (Lipinski definition) is 0. The molecule has 0 radical (unpaired) electrons. The number of carbonyl (C=O) groups excluding carboxylic acids is 1. The first-order valence-corrected chi connectivity index (χ1v) is 10.1. The van der Waals surface area contributed by atoms with Crippen LogP contribution in [0.2, 0.25) is 0 Å². The van der Waals surface area contributed by atoms with E-state index in [9.17, 15) is 4.79 Å². The highest BCUT2D eigenvalue weighted by Crippen LogP contribution is 2.26. The number of carbonyl (C=O) groups is 1. The summed E-state index contributed by atoms with van der Waals surface area (Å²) in [5.41, 5.74) is 3.30. The maximum Gasteiger partial charge on any atom is 0.259 e. The number of guanidine groups is 1. The van der Waals surface area contributed by atoms with E-state index in [1.807, 2.05) is 35.2 Å². The molecule has 2 heterocycles. The first-order valence-electron chi connectivity index (χ1n) is 10.1. The lowest BCUT2D eigenvalue weighted by Crippen LogP contribution is -2.52. The number of aryl methyl sites for hydroxylation is 1. The van der Waals surface area contributed by atoms with E-state index < -0.39 is 0 Å². The largest absolute Gasteiger partial charge is 0.340 e. The van der Waals surface area contributed by atoms with Gasteiger partial charge >= 0.3 is 0 Å². The second kappa shape index (κ2) is 8.15. The van der Waals surface area contributed by atoms with Crippen LogP contribution in [0.4, 0.5) is 5.69 Å². The maximum atomic E-state index is 13.4. The molecule has 1 atom stereocenters. The van der Waals surface area contributed by atoms with E-state index in [1.165, 1.54) is 5.56 Å². The second-order valence-corrected chi connectivity index (χ2v) is 7.62. The van der Waals surface area contributed by atoms with Gasteiger partial charge in [-0.15, -0.1) is 0 Å². The molecule has 5 heteroatoms. The van der Waals surface area contributed by atoms with Crippen molar-refractivity contribution in [3.05, 3.63) is 65.7 Å². The van der Waals surface area contributed by atoms with Crippen molar-refractivity contribution >= 4 is 17.6 Å². The van der Waals surface area contributed by atoms with Crippen LogP contribution in [0.5, 0.6) is 0 Å². The Bertz CT molecular complexity index is 856. The molecule has 0 saturated carbocycles. The van der Waals surface area contributed by atoms with Crippen LogP contribution in [0.25, 0.3) is 0 Å². The highest BCUT2D eigenvalue weighted by molar-refractivity contribution is 6.22. The Morgan fingerprint density at radius 2 is 1.68 bits per heavy atom. The van der Waals surface area contributed by atoms with Crippen molar-refractivity contribution < 1.29 is 4.79 Å². The molecule has 1 amide bonds. The first kappa shape index (κ1) is 18.7. The number of amides is 1. The van der Waals surface area contributed by atoms with Crippen molar-refractivity contribution in [1.29, 1.82) is 0 Å². The zero-order valence-electron chi connectivity index (χ0n) is 16.7. The lowest BCUT2D eigenvalue weighted by atomic mass is 10.1. The summed E-state index contributed by atoms with van der Waals surface area (Å²) in [7, 11) is 2.14. The molecule has 0 bridgehead atoms. The van der Waals surface area contributed by atoms with Gasteiger partial charge in [0.1, 0.15) is 6.04 Å². The third-order valence-corrected chi connectivity index (χ3v) is 5.61. The number of aliphatic imine (C=N–C) groups is 1. The molecule has 1 fully saturated rings. The smallest absolute Gasteiger partial charge is 0.259 e. The van der Waals surface area contributed by atoms with E-state index in [2.05, 4.69) is 48.0 Å². The Morgan fingerprint density at radius 3 is 2.39 bits per heavy atom. The van der Waals surface area contributed by atoms with Gasteiger partial charge in [-0.2, -0.15) is 0 Å². The monoisotopic (exact) mass is 376 g/mol. The van der Waals surface area contributed by atoms with E-state index in [0.29, 0.717) is 6.42 Å². The van der Waals surface area contributed by atoms with Crippen molar-refractivity contribution in [3.8, 4) is 0 Å². The molecule has 0 aromatic heterocycles. The van der Waals surface area contributed by atoms with E-state index in [-0.39, 0.29) is 11.9 Å². The quantitative estimate of drug-likeness (QED) is 0.824. The van der Waals surface area contributed by atoms with Gasteiger partial charge < -0.3 is 9.80 Å². The molecule has 2 aromatic carbocycles. The molecular weight excluding hydrogens is 348 g/mol. The van der Waals surface area contributed by atoms with E-state index in [0.717, 1.165) is 49.8 Å². The molecule has 0 aliphatic carbocycles. The fourth-order valence-corrected chi connectivity index (χ4v) is 3.86. The lowest BCUT2D eigenvalue weighted by Gasteiger charge is -2.36. The van der Waals surface area contributed by atoms with Gasteiger partial charge in [0.2, 0.25) is 5.96 Å². The average molecular weight is 377 g/mol. The number of rotatable bonds is 4. The van der Waals surface area contributed by atoms with Gasteiger partial charge in [-0.1, -0.05) is 49.4 Å². The van der Waals surface area contributed by atoms with E-state index >= 15 is 0 Å². The highest BCUT2D eigenvalue weighted by atomic mass is 16.2. The number of nitrogens with zero attached hydrogens (tertiary/aromatic N) is 4. The third-order valence-electron chi connectivity index (χ3n) is 5.61. The SMILES string of the molecule is CCc1cccc(N2C(=O)C(Cc3ccccc3)N=C2N2CCN(C)CC2)c1. The maximum absolute atomic E-state index is 13.4. The van der Waals surface area contributed by atoms with Crippen LogP contribution >= 0.6 is 0 Å². The Balaban J connectivity index is 1.66. The molecule has 0 N–H and O–H groups in total. The normalized spacial score (nSPS) is 20.6. The van der Waals surface area contributed by atoms with Gasteiger partial charge in [-0.05, 0) is 36.7 Å². The Labute approximate surface area is 167 Å². The van der Waals surface area contributed by atoms with Crippen LogP contribution in [0, 0.1) is 0 Å². The van der Waals surface area contributed by atoms with Gasteiger partial charge in [0, 0.05) is 32.6 Å². The zero-order valence-corrected chi connectivity index (χ0v) is 16.7. The second-order valence-electron chi connectivity index (χ2n) is 7.62. The van der Waals surface area contributed by atoms with Crippen molar-refractivity contribution in [2.45, 2.75) is 25.8 Å². The highest BCUT2D eigenvalue weighted by Gasteiger charge is 2.38. The molecular formula is C23H28N4O. The molecule has 2 aliphatic heterocycles. The van der Waals surface area contributed by atoms with Crippen LogP contribution < -0.4 is 4.90 Å². The zero-order chi connectivity index (χ0) is 19.5. The predicted octanol–water partition coefficient (Wildman–Crippen LogP) is 2.81. The van der Waals surface area contributed by atoms with E-state index in [1.54, 1.807) is 0 Å². The Hall–Kier alpha value is -2.66. The van der Waals surface area contributed by atoms with Crippen LogP contribution in [0.3, 0.4) is 0 Å². The summed E-state index contributed by atoms with van der Waals surface area (Å²) < 4.78 is 0. The summed E-state index contributed by atoms with van der Waals surface area (Å²) >= 11 is 0. The Morgan fingerprint density at radius 1 is 0.964 bits per heavy atom. The number of hydrogen-bond acceptors (Lipinski definition) is 4. The minimum atomic E-state index is -0.359. The molecule has 1 unspecified atom stereocenters. The van der Waals surface area contributed by atoms with Gasteiger partial charge in [-0.25, -0.2) is 9.89 Å². The molecule has 146 valence electrons. The average Bonchev–Trinajstić information content (AvgIpc) is 3.05. The third kappa shape index (κ3) is 3.80. The summed E-state index contributed by atoms with van der Waals surface area (Å²) in [5, 5.41) is 0. The fraction of sp³-hybridized carbons (Fsp3) is 0.391. The van der Waals surface area contributed by atoms with Crippen molar-refractivity contribution in [2.24, 2.45) is 4.99 Å².